The van der Waals surface area contributed by atoms with Gasteiger partial charge in [0.2, 0.25) is 0 Å². The first-order valence-corrected chi connectivity index (χ1v) is 13.8. The Bertz CT molecular complexity index is 1630. The molecular weight excluding hydrogens is 486 g/mol. The van der Waals surface area contributed by atoms with E-state index < -0.39 is 5.60 Å². The standard InChI is InChI=1S/C33H35N3O3/c1-32(2,38)24-8-11-29(27(18-24)28-21-36(3)31(37)30-26(28)12-15-35-30)39-25-9-6-22(7-10-25)4-5-23-19-33(20-23)13-16-34-17-14-33/h6-12,15,18,21,23,34-35,38H,13-14,16-17,19-20H2,1-3H3. The summed E-state index contributed by atoms with van der Waals surface area (Å²) in [4.78, 5) is 15.7. The molecule has 2 aromatic carbocycles. The summed E-state index contributed by atoms with van der Waals surface area (Å²) in [6, 6.07) is 15.5. The van der Waals surface area contributed by atoms with E-state index in [0.29, 0.717) is 28.3 Å². The van der Waals surface area contributed by atoms with Crippen molar-refractivity contribution in [3.8, 4) is 34.5 Å². The number of pyridine rings is 1. The SMILES string of the molecule is Cn1cc(-c2cc(C(C)(C)O)ccc2Oc2ccc(C#CC3CC4(CCNCC4)C3)cc2)c2cc[nH]c2c1=O. The Kier molecular flexibility index (Phi) is 6.37. The lowest BCUT2D eigenvalue weighted by Gasteiger charge is -2.48. The molecular formula is C33H35N3O3. The van der Waals surface area contributed by atoms with Crippen molar-refractivity contribution in [1.82, 2.24) is 14.9 Å². The number of nitrogens with zero attached hydrogens (tertiary/aromatic N) is 1. The minimum Gasteiger partial charge on any atom is -0.457 e. The summed E-state index contributed by atoms with van der Waals surface area (Å²) < 4.78 is 7.95. The number of benzene rings is 2. The zero-order valence-corrected chi connectivity index (χ0v) is 22.8. The van der Waals surface area contributed by atoms with Crippen LogP contribution in [0.25, 0.3) is 22.0 Å². The van der Waals surface area contributed by atoms with Crippen LogP contribution in [0.15, 0.2) is 65.7 Å². The number of ether oxygens (including phenoxy) is 1. The fourth-order valence-corrected chi connectivity index (χ4v) is 6.07. The summed E-state index contributed by atoms with van der Waals surface area (Å²) in [7, 11) is 1.74. The molecule has 200 valence electrons. The Balaban J connectivity index is 1.27. The zero-order valence-electron chi connectivity index (χ0n) is 22.8. The lowest BCUT2D eigenvalue weighted by Crippen LogP contribution is -2.45. The first-order chi connectivity index (χ1) is 18.7. The molecule has 1 spiro atoms. The molecule has 3 N–H and O–H groups in total. The monoisotopic (exact) mass is 521 g/mol. The summed E-state index contributed by atoms with van der Waals surface area (Å²) in [6.07, 6.45) is 8.61. The number of rotatable bonds is 4. The van der Waals surface area contributed by atoms with Crippen LogP contribution in [0.4, 0.5) is 0 Å². The van der Waals surface area contributed by atoms with Crippen molar-refractivity contribution in [3.63, 3.8) is 0 Å². The maximum atomic E-state index is 12.7. The van der Waals surface area contributed by atoms with E-state index in [1.807, 2.05) is 54.7 Å². The van der Waals surface area contributed by atoms with Crippen molar-refractivity contribution < 1.29 is 9.84 Å². The van der Waals surface area contributed by atoms with Gasteiger partial charge in [-0.3, -0.25) is 4.79 Å². The number of aryl methyl sites for hydroxylation is 1. The average molecular weight is 522 g/mol. The highest BCUT2D eigenvalue weighted by atomic mass is 16.5. The minimum absolute atomic E-state index is 0.0932. The van der Waals surface area contributed by atoms with E-state index >= 15 is 0 Å². The van der Waals surface area contributed by atoms with Gasteiger partial charge < -0.3 is 24.7 Å². The highest BCUT2D eigenvalue weighted by molar-refractivity contribution is 5.96. The molecule has 1 aliphatic carbocycles. The van der Waals surface area contributed by atoms with E-state index in [-0.39, 0.29) is 5.56 Å². The van der Waals surface area contributed by atoms with Gasteiger partial charge in [0.1, 0.15) is 17.0 Å². The normalized spacial score (nSPS) is 17.0. The van der Waals surface area contributed by atoms with Crippen LogP contribution >= 0.6 is 0 Å². The van der Waals surface area contributed by atoms with Gasteiger partial charge in [0.25, 0.3) is 5.56 Å². The van der Waals surface area contributed by atoms with Gasteiger partial charge >= 0.3 is 0 Å². The summed E-state index contributed by atoms with van der Waals surface area (Å²) in [6.45, 7) is 5.80. The maximum Gasteiger partial charge on any atom is 0.274 e. The highest BCUT2D eigenvalue weighted by Crippen LogP contribution is 2.51. The predicted octanol–water partition coefficient (Wildman–Crippen LogP) is 5.68. The fraction of sp³-hybridized carbons (Fsp3) is 0.364. The second-order valence-corrected chi connectivity index (χ2v) is 11.7. The molecule has 0 unspecified atom stereocenters. The van der Waals surface area contributed by atoms with Crippen LogP contribution in [-0.4, -0.2) is 27.7 Å². The molecule has 0 bridgehead atoms. The third kappa shape index (κ3) is 5.01. The Morgan fingerprint density at radius 2 is 1.79 bits per heavy atom. The van der Waals surface area contributed by atoms with E-state index in [1.54, 1.807) is 31.7 Å². The second-order valence-electron chi connectivity index (χ2n) is 11.7. The number of aliphatic hydroxyl groups is 1. The van der Waals surface area contributed by atoms with E-state index in [2.05, 4.69) is 22.1 Å². The predicted molar refractivity (Wildman–Crippen MR) is 155 cm³/mol. The zero-order chi connectivity index (χ0) is 27.2. The average Bonchev–Trinajstić information content (AvgIpc) is 3.40. The number of fused-ring (bicyclic) bond motifs is 1. The van der Waals surface area contributed by atoms with Crippen LogP contribution < -0.4 is 15.6 Å². The summed E-state index contributed by atoms with van der Waals surface area (Å²) in [5.74, 6) is 8.70. The smallest absolute Gasteiger partial charge is 0.274 e. The quantitative estimate of drug-likeness (QED) is 0.302. The van der Waals surface area contributed by atoms with Crippen molar-refractivity contribution >= 4 is 10.9 Å². The molecule has 2 aromatic heterocycles. The number of aromatic amines is 1. The molecule has 6 rings (SSSR count). The maximum absolute atomic E-state index is 12.7. The van der Waals surface area contributed by atoms with E-state index in [4.69, 9.17) is 4.74 Å². The molecule has 0 radical (unpaired) electrons. The van der Waals surface area contributed by atoms with Gasteiger partial charge in [-0.05, 0) is 106 Å². The Labute approximate surface area is 229 Å². The number of H-pyrrole nitrogens is 1. The van der Waals surface area contributed by atoms with Crippen LogP contribution in [0.5, 0.6) is 11.5 Å². The van der Waals surface area contributed by atoms with Gasteiger partial charge in [-0.15, -0.1) is 0 Å². The summed E-state index contributed by atoms with van der Waals surface area (Å²) in [5.41, 5.74) is 3.35. The Hall–Kier alpha value is -3.79. The molecule has 1 saturated heterocycles. The van der Waals surface area contributed by atoms with Crippen molar-refractivity contribution in [3.05, 3.63) is 82.4 Å². The van der Waals surface area contributed by atoms with Gasteiger partial charge in [-0.25, -0.2) is 0 Å². The van der Waals surface area contributed by atoms with Gasteiger partial charge in [-0.2, -0.15) is 0 Å². The largest absolute Gasteiger partial charge is 0.457 e. The fourth-order valence-electron chi connectivity index (χ4n) is 6.07. The molecule has 2 aliphatic rings. The molecule has 1 aliphatic heterocycles. The van der Waals surface area contributed by atoms with Crippen LogP contribution in [0.2, 0.25) is 0 Å². The number of hydrogen-bond acceptors (Lipinski definition) is 4. The Morgan fingerprint density at radius 3 is 2.51 bits per heavy atom. The number of piperidine rings is 1. The first kappa shape index (κ1) is 25.5. The highest BCUT2D eigenvalue weighted by Gasteiger charge is 2.43. The van der Waals surface area contributed by atoms with Crippen LogP contribution in [0.3, 0.4) is 0 Å². The van der Waals surface area contributed by atoms with E-state index in [9.17, 15) is 9.90 Å². The number of aromatic nitrogens is 2. The number of hydrogen-bond donors (Lipinski definition) is 3. The lowest BCUT2D eigenvalue weighted by atomic mass is 9.58. The van der Waals surface area contributed by atoms with E-state index in [1.165, 1.54) is 25.7 Å². The van der Waals surface area contributed by atoms with Crippen molar-refractivity contribution in [2.24, 2.45) is 18.4 Å². The third-order valence-corrected chi connectivity index (χ3v) is 8.40. The second kappa shape index (κ2) is 9.75. The molecule has 3 heterocycles. The third-order valence-electron chi connectivity index (χ3n) is 8.40. The molecule has 1 saturated carbocycles. The topological polar surface area (TPSA) is 79.3 Å². The molecule has 6 nitrogen and oxygen atoms in total. The van der Waals surface area contributed by atoms with Crippen LogP contribution in [0, 0.1) is 23.2 Å². The van der Waals surface area contributed by atoms with Crippen LogP contribution in [-0.2, 0) is 12.6 Å². The van der Waals surface area contributed by atoms with Gasteiger partial charge in [0.15, 0.2) is 0 Å². The molecule has 6 heteroatoms. The minimum atomic E-state index is -1.03. The molecule has 2 fully saturated rings. The molecule has 0 atom stereocenters. The van der Waals surface area contributed by atoms with Crippen LogP contribution in [0.1, 0.15) is 50.7 Å². The molecule has 0 amide bonds. The van der Waals surface area contributed by atoms with Crippen molar-refractivity contribution in [2.45, 2.75) is 45.1 Å². The lowest BCUT2D eigenvalue weighted by molar-refractivity contribution is 0.0501. The summed E-state index contributed by atoms with van der Waals surface area (Å²) in [5, 5.41) is 15.0. The van der Waals surface area contributed by atoms with Gasteiger partial charge in [-0.1, -0.05) is 17.9 Å². The van der Waals surface area contributed by atoms with E-state index in [0.717, 1.165) is 40.7 Å². The summed E-state index contributed by atoms with van der Waals surface area (Å²) >= 11 is 0. The molecule has 39 heavy (non-hydrogen) atoms. The Morgan fingerprint density at radius 1 is 1.05 bits per heavy atom. The number of nitrogens with one attached hydrogen (secondary N) is 2. The molecule has 4 aromatic rings. The first-order valence-electron chi connectivity index (χ1n) is 13.8. The van der Waals surface area contributed by atoms with Gasteiger partial charge in [0, 0.05) is 47.4 Å². The van der Waals surface area contributed by atoms with Crippen molar-refractivity contribution in [1.29, 1.82) is 0 Å². The van der Waals surface area contributed by atoms with Crippen molar-refractivity contribution in [2.75, 3.05) is 13.1 Å². The van der Waals surface area contributed by atoms with Gasteiger partial charge in [0.05, 0.1) is 5.60 Å².